The molecule has 1 aliphatic rings. The van der Waals surface area contributed by atoms with Crippen LogP contribution in [-0.2, 0) is 11.3 Å². The molecule has 11 heteroatoms. The first-order valence-corrected chi connectivity index (χ1v) is 13.8. The topological polar surface area (TPSA) is 94.8 Å². The largest absolute Gasteiger partial charge is 0.480 e. The van der Waals surface area contributed by atoms with E-state index < -0.39 is 11.9 Å². The van der Waals surface area contributed by atoms with E-state index in [0.717, 1.165) is 17.8 Å². The summed E-state index contributed by atoms with van der Waals surface area (Å²) in [4.78, 5) is 12.6. The monoisotopic (exact) mass is 518 g/mol. The van der Waals surface area contributed by atoms with Gasteiger partial charge in [0.05, 0.1) is 5.75 Å². The molecule has 1 unspecified atom stereocenters. The molecule has 1 aliphatic carbocycles. The summed E-state index contributed by atoms with van der Waals surface area (Å²) in [7, 11) is 0. The van der Waals surface area contributed by atoms with Crippen LogP contribution in [0.3, 0.4) is 0 Å². The van der Waals surface area contributed by atoms with Crippen molar-refractivity contribution in [2.45, 2.75) is 76.6 Å². The van der Waals surface area contributed by atoms with Gasteiger partial charge in [-0.3, -0.25) is 10.1 Å². The second-order valence-electron chi connectivity index (χ2n) is 9.15. The average molecular weight is 519 g/mol. The minimum absolute atomic E-state index is 0.164. The summed E-state index contributed by atoms with van der Waals surface area (Å²) in [5.74, 6) is 1.10. The number of hydrogen-bond acceptors (Lipinski definition) is 8. The number of ether oxygens (including phenoxy) is 1. The molecule has 2 heterocycles. The van der Waals surface area contributed by atoms with Crippen LogP contribution >= 0.6 is 23.1 Å². The van der Waals surface area contributed by atoms with Gasteiger partial charge in [0, 0.05) is 12.5 Å². The molecule has 1 N–H and O–H groups in total. The molecule has 0 radical (unpaired) electrons. The lowest BCUT2D eigenvalue weighted by Crippen LogP contribution is -2.17. The van der Waals surface area contributed by atoms with E-state index in [1.54, 1.807) is 18.2 Å². The van der Waals surface area contributed by atoms with Crippen molar-refractivity contribution in [2.24, 2.45) is 5.92 Å². The third-order valence-corrected chi connectivity index (χ3v) is 7.74. The van der Waals surface area contributed by atoms with Gasteiger partial charge in [-0.2, -0.15) is 0 Å². The Morgan fingerprint density at radius 1 is 1.17 bits per heavy atom. The van der Waals surface area contributed by atoms with Gasteiger partial charge >= 0.3 is 0 Å². The van der Waals surface area contributed by atoms with Crippen molar-refractivity contribution in [2.75, 3.05) is 11.1 Å². The smallest absolute Gasteiger partial charge is 0.236 e. The van der Waals surface area contributed by atoms with Crippen LogP contribution in [0.1, 0.15) is 75.7 Å². The summed E-state index contributed by atoms with van der Waals surface area (Å²) in [5, 5.41) is 22.1. The molecule has 3 aromatic rings. The Morgan fingerprint density at radius 2 is 1.94 bits per heavy atom. The van der Waals surface area contributed by atoms with Crippen molar-refractivity contribution >= 4 is 34.1 Å². The maximum atomic E-state index is 14.1. The Balaban J connectivity index is 1.38. The minimum Gasteiger partial charge on any atom is -0.480 e. The van der Waals surface area contributed by atoms with Crippen molar-refractivity contribution in [3.63, 3.8) is 0 Å². The average Bonchev–Trinajstić information content (AvgIpc) is 3.46. The highest BCUT2D eigenvalue weighted by Crippen LogP contribution is 2.35. The predicted octanol–water partition coefficient (Wildman–Crippen LogP) is 5.84. The lowest BCUT2D eigenvalue weighted by atomic mass is 9.90. The minimum atomic E-state index is -0.513. The summed E-state index contributed by atoms with van der Waals surface area (Å²) in [6, 6.07) is 6.28. The summed E-state index contributed by atoms with van der Waals surface area (Å²) in [6.45, 7) is 6.64. The highest BCUT2D eigenvalue weighted by Gasteiger charge is 2.23. The van der Waals surface area contributed by atoms with Gasteiger partial charge in [-0.1, -0.05) is 68.3 Å². The predicted molar refractivity (Wildman–Crippen MR) is 135 cm³/mol. The lowest BCUT2D eigenvalue weighted by molar-refractivity contribution is -0.113. The van der Waals surface area contributed by atoms with E-state index in [1.807, 2.05) is 11.5 Å². The first-order valence-electron chi connectivity index (χ1n) is 12.0. The van der Waals surface area contributed by atoms with E-state index in [-0.39, 0.29) is 17.4 Å². The van der Waals surface area contributed by atoms with Crippen LogP contribution in [0.5, 0.6) is 5.75 Å². The van der Waals surface area contributed by atoms with Crippen molar-refractivity contribution < 1.29 is 13.9 Å². The fourth-order valence-corrected chi connectivity index (χ4v) is 5.80. The number of hydrogen-bond donors (Lipinski definition) is 1. The zero-order valence-electron chi connectivity index (χ0n) is 20.2. The first-order chi connectivity index (χ1) is 16.9. The number of carbonyl (C=O) groups is 1. The Labute approximate surface area is 213 Å². The summed E-state index contributed by atoms with van der Waals surface area (Å²) in [6.07, 6.45) is 5.52. The zero-order chi connectivity index (χ0) is 24.8. The zero-order valence-corrected chi connectivity index (χ0v) is 21.9. The molecule has 2 aromatic heterocycles. The molecule has 1 aromatic carbocycles. The molecular weight excluding hydrogens is 487 g/mol. The fourth-order valence-electron chi connectivity index (χ4n) is 4.11. The van der Waals surface area contributed by atoms with Crippen molar-refractivity contribution in [1.82, 2.24) is 25.0 Å². The standard InChI is InChI=1S/C24H31FN6O2S2/c1-15(2)13-31-21(16(3)33-19-12-8-7-11-18(19)25)27-30-24(31)34-14-20(32)26-23-29-28-22(35-23)17-9-5-4-6-10-17/h7-8,11-12,15-17H,4-6,9-10,13-14H2,1-3H3,(H,26,29,32). The van der Waals surface area contributed by atoms with Crippen molar-refractivity contribution in [3.8, 4) is 5.75 Å². The third-order valence-electron chi connectivity index (χ3n) is 5.77. The number of nitrogens with one attached hydrogen (secondary N) is 1. The second-order valence-corrected chi connectivity index (χ2v) is 11.1. The molecule has 1 atom stereocenters. The van der Waals surface area contributed by atoms with E-state index in [4.69, 9.17) is 4.74 Å². The van der Waals surface area contributed by atoms with Gasteiger partial charge in [0.25, 0.3) is 0 Å². The molecule has 1 fully saturated rings. The maximum Gasteiger partial charge on any atom is 0.236 e. The quantitative estimate of drug-likeness (QED) is 0.337. The lowest BCUT2D eigenvalue weighted by Gasteiger charge is -2.18. The number of benzene rings is 1. The van der Waals surface area contributed by atoms with Crippen LogP contribution in [0.25, 0.3) is 0 Å². The molecule has 8 nitrogen and oxygen atoms in total. The molecule has 4 rings (SSSR count). The van der Waals surface area contributed by atoms with Gasteiger partial charge in [0.15, 0.2) is 28.7 Å². The summed E-state index contributed by atoms with van der Waals surface area (Å²) < 4.78 is 21.8. The first kappa shape index (κ1) is 25.6. The van der Waals surface area contributed by atoms with Gasteiger partial charge in [0.1, 0.15) is 5.01 Å². The number of aromatic nitrogens is 5. The van der Waals surface area contributed by atoms with Gasteiger partial charge < -0.3 is 9.30 Å². The maximum absolute atomic E-state index is 14.1. The van der Waals surface area contributed by atoms with Gasteiger partial charge in [-0.05, 0) is 37.8 Å². The number of para-hydroxylation sites is 1. The van der Waals surface area contributed by atoms with E-state index in [9.17, 15) is 9.18 Å². The number of rotatable bonds is 10. The third kappa shape index (κ3) is 6.78. The van der Waals surface area contributed by atoms with Crippen LogP contribution in [0.4, 0.5) is 9.52 Å². The van der Waals surface area contributed by atoms with Crippen LogP contribution in [-0.4, -0.2) is 36.6 Å². The normalized spacial score (nSPS) is 15.3. The summed E-state index contributed by atoms with van der Waals surface area (Å²) >= 11 is 2.77. The van der Waals surface area contributed by atoms with E-state index in [0.29, 0.717) is 34.5 Å². The van der Waals surface area contributed by atoms with E-state index in [1.165, 1.54) is 48.4 Å². The summed E-state index contributed by atoms with van der Waals surface area (Å²) in [5.41, 5.74) is 0. The second kappa shape index (κ2) is 11.9. The molecule has 1 saturated carbocycles. The fraction of sp³-hybridized carbons (Fsp3) is 0.542. The SMILES string of the molecule is CC(C)Cn1c(SCC(=O)Nc2nnc(C3CCCCC3)s2)nnc1C(C)Oc1ccccc1F. The van der Waals surface area contributed by atoms with E-state index in [2.05, 4.69) is 39.6 Å². The molecular formula is C24H31FN6O2S2. The molecule has 0 saturated heterocycles. The molecule has 0 spiro atoms. The van der Waals surface area contributed by atoms with Gasteiger partial charge in [0.2, 0.25) is 11.0 Å². The Kier molecular flexibility index (Phi) is 8.72. The number of halogens is 1. The number of amides is 1. The number of carbonyl (C=O) groups excluding carboxylic acids is 1. The molecule has 0 aliphatic heterocycles. The highest BCUT2D eigenvalue weighted by molar-refractivity contribution is 7.99. The van der Waals surface area contributed by atoms with Gasteiger partial charge in [-0.25, -0.2) is 4.39 Å². The molecule has 0 bridgehead atoms. The molecule has 188 valence electrons. The highest BCUT2D eigenvalue weighted by atomic mass is 32.2. The van der Waals surface area contributed by atoms with Crippen molar-refractivity contribution in [1.29, 1.82) is 0 Å². The Hall–Kier alpha value is -2.53. The number of thioether (sulfide) groups is 1. The number of anilines is 1. The van der Waals surface area contributed by atoms with Crippen LogP contribution in [0.2, 0.25) is 0 Å². The Bertz CT molecular complexity index is 1130. The van der Waals surface area contributed by atoms with Crippen LogP contribution in [0, 0.1) is 11.7 Å². The van der Waals surface area contributed by atoms with E-state index >= 15 is 0 Å². The molecule has 1 amide bonds. The Morgan fingerprint density at radius 3 is 2.69 bits per heavy atom. The van der Waals surface area contributed by atoms with Gasteiger partial charge in [-0.15, -0.1) is 20.4 Å². The molecule has 35 heavy (non-hydrogen) atoms. The van der Waals surface area contributed by atoms with Crippen LogP contribution in [0.15, 0.2) is 29.4 Å². The van der Waals surface area contributed by atoms with Crippen molar-refractivity contribution in [3.05, 3.63) is 40.9 Å². The van der Waals surface area contributed by atoms with Crippen LogP contribution < -0.4 is 10.1 Å². The number of nitrogens with zero attached hydrogens (tertiary/aromatic N) is 5.